The highest BCUT2D eigenvalue weighted by Crippen LogP contribution is 2.67. The molecule has 0 spiro atoms. The quantitative estimate of drug-likeness (QED) is 0.358. The average Bonchev–Trinajstić information content (AvgIpc) is 3.30. The second-order valence-electron chi connectivity index (χ2n) is 12.4. The predicted octanol–water partition coefficient (Wildman–Crippen LogP) is 4.47. The lowest BCUT2D eigenvalue weighted by atomic mass is 9.72. The summed E-state index contributed by atoms with van der Waals surface area (Å²) in [5.74, 6) is 2.35. The van der Waals surface area contributed by atoms with E-state index in [0.29, 0.717) is 18.5 Å². The van der Waals surface area contributed by atoms with Gasteiger partial charge in [0.2, 0.25) is 0 Å². The molecule has 3 amide bonds. The lowest BCUT2D eigenvalue weighted by molar-refractivity contribution is -0.00887. The van der Waals surface area contributed by atoms with Gasteiger partial charge in [-0.25, -0.2) is 14.0 Å². The van der Waals surface area contributed by atoms with Crippen LogP contribution in [-0.2, 0) is 9.47 Å². The zero-order valence-electron chi connectivity index (χ0n) is 23.4. The van der Waals surface area contributed by atoms with Crippen LogP contribution in [0.25, 0.3) is 0 Å². The van der Waals surface area contributed by atoms with E-state index >= 15 is 0 Å². The van der Waals surface area contributed by atoms with Crippen molar-refractivity contribution in [2.75, 3.05) is 46.9 Å². The summed E-state index contributed by atoms with van der Waals surface area (Å²) in [6.07, 6.45) is 8.79. The van der Waals surface area contributed by atoms with Gasteiger partial charge in [-0.1, -0.05) is 12.1 Å². The minimum atomic E-state index is -0.518. The monoisotopic (exact) mass is 544 g/mol. The summed E-state index contributed by atoms with van der Waals surface area (Å²) in [4.78, 5) is 26.9. The Bertz CT molecular complexity index is 995. The van der Waals surface area contributed by atoms with Crippen LogP contribution in [0.5, 0.6) is 0 Å². The minimum absolute atomic E-state index is 0.0144. The second kappa shape index (κ2) is 12.4. The van der Waals surface area contributed by atoms with Gasteiger partial charge in [0.25, 0.3) is 0 Å². The number of halogens is 1. The van der Waals surface area contributed by atoms with Crippen LogP contribution in [0.4, 0.5) is 14.0 Å². The molecule has 1 aliphatic heterocycles. The maximum absolute atomic E-state index is 14.1. The lowest BCUT2D eigenvalue weighted by Crippen LogP contribution is -2.52. The van der Waals surface area contributed by atoms with Gasteiger partial charge >= 0.3 is 12.1 Å². The van der Waals surface area contributed by atoms with Crippen LogP contribution in [0, 0.1) is 34.9 Å². The molecule has 4 saturated carbocycles. The van der Waals surface area contributed by atoms with E-state index in [9.17, 15) is 14.0 Å². The zero-order valence-corrected chi connectivity index (χ0v) is 23.4. The standard InChI is InChI=1S/C30H45FN4O4/c1-32-18-26(17-30-15-20-11-21(16-30)13-24(30)12-20)34-28(36)35-9-4-6-23(19-35)27(22-5-3-7-25(31)14-22)39-10-8-33-29(37)38-2/h3,5,7,14,20-21,23-24,26-27,32H,4,6,8-13,15-19H2,1-2H3,(H,33,37)(H,34,36). The molecule has 5 unspecified atom stereocenters. The Morgan fingerprint density at radius 3 is 2.72 bits per heavy atom. The van der Waals surface area contributed by atoms with Crippen LogP contribution in [0.1, 0.15) is 63.0 Å². The third kappa shape index (κ3) is 6.51. The Labute approximate surface area is 231 Å². The number of carbonyl (C=O) groups excluding carboxylic acids is 2. The summed E-state index contributed by atoms with van der Waals surface area (Å²) in [6.45, 7) is 2.56. The molecule has 1 heterocycles. The second-order valence-corrected chi connectivity index (χ2v) is 12.4. The van der Waals surface area contributed by atoms with E-state index in [1.807, 2.05) is 18.0 Å². The molecule has 0 aromatic heterocycles. The first-order chi connectivity index (χ1) is 18.9. The molecule has 9 heteroatoms. The summed E-state index contributed by atoms with van der Waals surface area (Å²) < 4.78 is 25.0. The Morgan fingerprint density at radius 1 is 1.21 bits per heavy atom. The van der Waals surface area contributed by atoms with Crippen LogP contribution >= 0.6 is 0 Å². The van der Waals surface area contributed by atoms with Crippen molar-refractivity contribution < 1.29 is 23.5 Å². The highest BCUT2D eigenvalue weighted by molar-refractivity contribution is 5.74. The molecule has 4 bridgehead atoms. The van der Waals surface area contributed by atoms with E-state index in [1.54, 1.807) is 6.07 Å². The van der Waals surface area contributed by atoms with Crippen molar-refractivity contribution >= 4 is 12.1 Å². The van der Waals surface area contributed by atoms with Crippen molar-refractivity contribution in [2.45, 2.75) is 63.5 Å². The SMILES string of the molecule is CNCC(CC12CC3CC(CC1C3)C2)NC(=O)N1CCCC(C(OCCNC(=O)OC)c2cccc(F)c2)C1. The molecule has 5 fully saturated rings. The van der Waals surface area contributed by atoms with Crippen molar-refractivity contribution in [3.05, 3.63) is 35.6 Å². The fourth-order valence-corrected chi connectivity index (χ4v) is 8.52. The molecule has 1 aromatic rings. The molecule has 1 aromatic carbocycles. The average molecular weight is 545 g/mol. The molecule has 3 N–H and O–H groups in total. The largest absolute Gasteiger partial charge is 0.453 e. The van der Waals surface area contributed by atoms with E-state index in [-0.39, 0.29) is 43.1 Å². The normalized spacial score (nSPS) is 30.7. The molecule has 4 aliphatic carbocycles. The highest BCUT2D eigenvalue weighted by Gasteiger charge is 2.57. The number of amides is 3. The molecule has 5 atom stereocenters. The van der Waals surface area contributed by atoms with Crippen LogP contribution in [0.2, 0.25) is 0 Å². The lowest BCUT2D eigenvalue weighted by Gasteiger charge is -2.39. The topological polar surface area (TPSA) is 91.9 Å². The minimum Gasteiger partial charge on any atom is -0.453 e. The molecular formula is C30H45FN4O4. The predicted molar refractivity (Wildman–Crippen MR) is 147 cm³/mol. The smallest absolute Gasteiger partial charge is 0.406 e. The van der Waals surface area contributed by atoms with Crippen molar-refractivity contribution in [3.8, 4) is 0 Å². The van der Waals surface area contributed by atoms with Crippen LogP contribution in [0.15, 0.2) is 24.3 Å². The maximum Gasteiger partial charge on any atom is 0.406 e. The van der Waals surface area contributed by atoms with Gasteiger partial charge in [-0.15, -0.1) is 0 Å². The number of urea groups is 1. The maximum atomic E-state index is 14.1. The Morgan fingerprint density at radius 2 is 2.00 bits per heavy atom. The number of likely N-dealkylation sites (N-methyl/N-ethyl adjacent to an activating group) is 1. The molecule has 1 saturated heterocycles. The van der Waals surface area contributed by atoms with Gasteiger partial charge in [-0.3, -0.25) is 0 Å². The Kier molecular flexibility index (Phi) is 8.96. The van der Waals surface area contributed by atoms with E-state index < -0.39 is 6.09 Å². The van der Waals surface area contributed by atoms with E-state index in [0.717, 1.165) is 49.1 Å². The highest BCUT2D eigenvalue weighted by atomic mass is 19.1. The van der Waals surface area contributed by atoms with E-state index in [4.69, 9.17) is 4.74 Å². The van der Waals surface area contributed by atoms with E-state index in [1.165, 1.54) is 51.3 Å². The molecule has 39 heavy (non-hydrogen) atoms. The summed E-state index contributed by atoms with van der Waals surface area (Å²) in [5.41, 5.74) is 1.17. The fourth-order valence-electron chi connectivity index (χ4n) is 8.52. The van der Waals surface area contributed by atoms with Crippen molar-refractivity contribution in [2.24, 2.45) is 29.1 Å². The van der Waals surface area contributed by atoms with Gasteiger partial charge in [0.1, 0.15) is 5.82 Å². The third-order valence-corrected chi connectivity index (χ3v) is 9.79. The number of nitrogens with zero attached hydrogens (tertiary/aromatic N) is 1. The van der Waals surface area contributed by atoms with Crippen LogP contribution in [-0.4, -0.2) is 70.0 Å². The molecule has 5 aliphatic rings. The number of carbonyl (C=O) groups is 2. The summed E-state index contributed by atoms with van der Waals surface area (Å²) >= 11 is 0. The number of methoxy groups -OCH3 is 1. The summed E-state index contributed by atoms with van der Waals surface area (Å²) in [5, 5.41) is 9.33. The van der Waals surface area contributed by atoms with Crippen molar-refractivity contribution in [3.63, 3.8) is 0 Å². The molecule has 6 rings (SSSR count). The fraction of sp³-hybridized carbons (Fsp3) is 0.733. The molecule has 216 valence electrons. The van der Waals surface area contributed by atoms with Crippen molar-refractivity contribution in [1.82, 2.24) is 20.9 Å². The number of benzene rings is 1. The van der Waals surface area contributed by atoms with Gasteiger partial charge in [0.15, 0.2) is 0 Å². The van der Waals surface area contributed by atoms with Gasteiger partial charge in [-0.2, -0.15) is 0 Å². The number of rotatable bonds is 11. The van der Waals surface area contributed by atoms with Crippen LogP contribution in [0.3, 0.4) is 0 Å². The molecule has 0 radical (unpaired) electrons. The van der Waals surface area contributed by atoms with Gasteiger partial charge in [0, 0.05) is 38.1 Å². The number of piperidine rings is 1. The number of nitrogens with one attached hydrogen (secondary N) is 3. The van der Waals surface area contributed by atoms with Gasteiger partial charge in [0.05, 0.1) is 19.8 Å². The first-order valence-corrected chi connectivity index (χ1v) is 14.8. The Balaban J connectivity index is 1.22. The summed E-state index contributed by atoms with van der Waals surface area (Å²) in [6, 6.07) is 6.58. The first kappa shape index (κ1) is 28.1. The van der Waals surface area contributed by atoms with Crippen molar-refractivity contribution in [1.29, 1.82) is 0 Å². The number of likely N-dealkylation sites (tertiary alicyclic amines) is 1. The van der Waals surface area contributed by atoms with Crippen LogP contribution < -0.4 is 16.0 Å². The summed E-state index contributed by atoms with van der Waals surface area (Å²) in [7, 11) is 3.28. The number of alkyl carbamates (subject to hydrolysis) is 1. The third-order valence-electron chi connectivity index (χ3n) is 9.79. The number of hydrogen-bond acceptors (Lipinski definition) is 5. The van der Waals surface area contributed by atoms with E-state index in [2.05, 4.69) is 20.7 Å². The first-order valence-electron chi connectivity index (χ1n) is 14.8. The zero-order chi connectivity index (χ0) is 27.4. The Hall–Kier alpha value is -2.39. The molecule has 8 nitrogen and oxygen atoms in total. The number of ether oxygens (including phenoxy) is 2. The molecular weight excluding hydrogens is 499 g/mol. The van der Waals surface area contributed by atoms with Gasteiger partial charge < -0.3 is 30.3 Å². The van der Waals surface area contributed by atoms with Gasteiger partial charge in [-0.05, 0) is 99.3 Å². The number of hydrogen-bond donors (Lipinski definition) is 3.